The number of amides is 1. The van der Waals surface area contributed by atoms with Crippen LogP contribution in [0.3, 0.4) is 0 Å². The van der Waals surface area contributed by atoms with E-state index in [0.717, 1.165) is 17.8 Å². The van der Waals surface area contributed by atoms with Crippen molar-refractivity contribution in [1.82, 2.24) is 4.90 Å². The minimum Gasteiger partial charge on any atom is -0.394 e. The number of benzene rings is 1. The lowest BCUT2D eigenvalue weighted by Gasteiger charge is -2.35. The van der Waals surface area contributed by atoms with E-state index in [1.807, 2.05) is 32.0 Å². The first-order valence-electron chi connectivity index (χ1n) is 7.01. The van der Waals surface area contributed by atoms with Gasteiger partial charge in [0.2, 0.25) is 0 Å². The number of morpholine rings is 1. The van der Waals surface area contributed by atoms with Crippen LogP contribution in [0.4, 0.5) is 5.69 Å². The minimum atomic E-state index is -0.257. The molecule has 2 N–H and O–H groups in total. The van der Waals surface area contributed by atoms with Crippen molar-refractivity contribution in [3.8, 4) is 0 Å². The number of hydrogen-bond donors (Lipinski definition) is 2. The van der Waals surface area contributed by atoms with Crippen molar-refractivity contribution in [2.75, 3.05) is 38.2 Å². The van der Waals surface area contributed by atoms with Crippen molar-refractivity contribution in [3.05, 3.63) is 29.3 Å². The van der Waals surface area contributed by atoms with Gasteiger partial charge in [-0.25, -0.2) is 0 Å². The van der Waals surface area contributed by atoms with E-state index in [1.54, 1.807) is 4.90 Å². The van der Waals surface area contributed by atoms with E-state index in [0.29, 0.717) is 25.3 Å². The van der Waals surface area contributed by atoms with Crippen LogP contribution >= 0.6 is 0 Å². The molecule has 1 aromatic rings. The first-order valence-corrected chi connectivity index (χ1v) is 7.01. The van der Waals surface area contributed by atoms with Gasteiger partial charge in [-0.1, -0.05) is 6.07 Å². The lowest BCUT2D eigenvalue weighted by atomic mass is 10.1. The van der Waals surface area contributed by atoms with Crippen molar-refractivity contribution >= 4 is 11.6 Å². The van der Waals surface area contributed by atoms with Gasteiger partial charge < -0.3 is 20.1 Å². The Labute approximate surface area is 119 Å². The van der Waals surface area contributed by atoms with Crippen molar-refractivity contribution in [1.29, 1.82) is 0 Å². The Hall–Kier alpha value is -1.59. The van der Waals surface area contributed by atoms with Gasteiger partial charge in [0.15, 0.2) is 0 Å². The molecule has 1 aromatic carbocycles. The van der Waals surface area contributed by atoms with Gasteiger partial charge in [-0.15, -0.1) is 0 Å². The summed E-state index contributed by atoms with van der Waals surface area (Å²) in [6, 6.07) is 5.50. The second kappa shape index (κ2) is 6.72. The van der Waals surface area contributed by atoms with Crippen molar-refractivity contribution in [2.24, 2.45) is 0 Å². The van der Waals surface area contributed by atoms with E-state index in [4.69, 9.17) is 4.74 Å². The molecule has 1 saturated heterocycles. The molecule has 2 rings (SSSR count). The predicted molar refractivity (Wildman–Crippen MR) is 78.1 cm³/mol. The third kappa shape index (κ3) is 3.11. The lowest BCUT2D eigenvalue weighted by Crippen LogP contribution is -2.50. The average molecular weight is 278 g/mol. The Morgan fingerprint density at radius 3 is 3.05 bits per heavy atom. The van der Waals surface area contributed by atoms with Crippen LogP contribution in [-0.4, -0.2) is 54.9 Å². The number of carbonyl (C=O) groups excluding carboxylic acids is 1. The summed E-state index contributed by atoms with van der Waals surface area (Å²) in [7, 11) is 0. The molecule has 0 aromatic heterocycles. The van der Waals surface area contributed by atoms with E-state index in [-0.39, 0.29) is 18.6 Å². The largest absolute Gasteiger partial charge is 0.394 e. The zero-order valence-electron chi connectivity index (χ0n) is 12.1. The fraction of sp³-hybridized carbons (Fsp3) is 0.533. The quantitative estimate of drug-likeness (QED) is 0.870. The average Bonchev–Trinajstić information content (AvgIpc) is 2.47. The first-order chi connectivity index (χ1) is 9.67. The minimum absolute atomic E-state index is 0.0525. The van der Waals surface area contributed by atoms with Gasteiger partial charge in [0.05, 0.1) is 31.4 Å². The summed E-state index contributed by atoms with van der Waals surface area (Å²) in [5.74, 6) is -0.0525. The zero-order chi connectivity index (χ0) is 14.5. The van der Waals surface area contributed by atoms with Crippen LogP contribution in [0, 0.1) is 6.92 Å². The Bertz CT molecular complexity index is 476. The molecule has 1 fully saturated rings. The third-order valence-corrected chi connectivity index (χ3v) is 3.47. The maximum atomic E-state index is 12.7. The highest BCUT2D eigenvalue weighted by molar-refractivity contribution is 6.00. The van der Waals surface area contributed by atoms with E-state index in [1.165, 1.54) is 0 Å². The molecular weight excluding hydrogens is 256 g/mol. The molecule has 1 atom stereocenters. The molecule has 0 spiro atoms. The molecule has 20 heavy (non-hydrogen) atoms. The number of carbonyl (C=O) groups is 1. The molecule has 1 heterocycles. The maximum Gasteiger partial charge on any atom is 0.256 e. The van der Waals surface area contributed by atoms with E-state index < -0.39 is 0 Å². The van der Waals surface area contributed by atoms with Gasteiger partial charge in [0, 0.05) is 18.8 Å². The van der Waals surface area contributed by atoms with Gasteiger partial charge in [-0.3, -0.25) is 4.79 Å². The molecule has 5 heteroatoms. The molecule has 0 saturated carbocycles. The topological polar surface area (TPSA) is 61.8 Å². The lowest BCUT2D eigenvalue weighted by molar-refractivity contribution is -0.0183. The smallest absolute Gasteiger partial charge is 0.256 e. The van der Waals surface area contributed by atoms with Gasteiger partial charge >= 0.3 is 0 Å². The molecular formula is C15H22N2O3. The summed E-state index contributed by atoms with van der Waals surface area (Å²) in [6.07, 6.45) is 0. The molecule has 5 nitrogen and oxygen atoms in total. The Morgan fingerprint density at radius 2 is 2.35 bits per heavy atom. The summed E-state index contributed by atoms with van der Waals surface area (Å²) in [5.41, 5.74) is 2.61. The van der Waals surface area contributed by atoms with Crippen LogP contribution in [0.15, 0.2) is 18.2 Å². The first kappa shape index (κ1) is 14.8. The van der Waals surface area contributed by atoms with E-state index >= 15 is 0 Å². The van der Waals surface area contributed by atoms with Gasteiger partial charge in [-0.05, 0) is 31.5 Å². The number of hydrogen-bond acceptors (Lipinski definition) is 4. The highest BCUT2D eigenvalue weighted by Crippen LogP contribution is 2.21. The van der Waals surface area contributed by atoms with E-state index in [9.17, 15) is 9.90 Å². The summed E-state index contributed by atoms with van der Waals surface area (Å²) < 4.78 is 5.32. The molecule has 1 aliphatic heterocycles. The Morgan fingerprint density at radius 1 is 1.55 bits per heavy atom. The Balaban J connectivity index is 2.27. The highest BCUT2D eigenvalue weighted by Gasteiger charge is 2.28. The molecule has 1 unspecified atom stereocenters. The van der Waals surface area contributed by atoms with Crippen LogP contribution in [0.1, 0.15) is 22.8 Å². The van der Waals surface area contributed by atoms with Crippen molar-refractivity contribution < 1.29 is 14.6 Å². The van der Waals surface area contributed by atoms with Crippen LogP contribution in [0.25, 0.3) is 0 Å². The summed E-state index contributed by atoms with van der Waals surface area (Å²) in [5, 5.41) is 12.6. The summed E-state index contributed by atoms with van der Waals surface area (Å²) in [6.45, 7) is 6.12. The highest BCUT2D eigenvalue weighted by atomic mass is 16.5. The standard InChI is InChI=1S/C15H22N2O3/c1-3-16-14-8-11(2)4-5-13(14)15(19)17-6-7-20-10-12(17)9-18/h4-5,8,12,16,18H,3,6-7,9-10H2,1-2H3. The van der Waals surface area contributed by atoms with Crippen LogP contribution < -0.4 is 5.32 Å². The number of aliphatic hydroxyl groups is 1. The number of anilines is 1. The molecule has 1 aliphatic rings. The monoisotopic (exact) mass is 278 g/mol. The summed E-state index contributed by atoms with van der Waals surface area (Å²) >= 11 is 0. The normalized spacial score (nSPS) is 18.9. The number of aliphatic hydroxyl groups excluding tert-OH is 1. The second-order valence-corrected chi connectivity index (χ2v) is 4.99. The SMILES string of the molecule is CCNc1cc(C)ccc1C(=O)N1CCOCC1CO. The van der Waals surface area contributed by atoms with Gasteiger partial charge in [-0.2, -0.15) is 0 Å². The molecule has 0 radical (unpaired) electrons. The molecule has 110 valence electrons. The van der Waals surface area contributed by atoms with Crippen molar-refractivity contribution in [3.63, 3.8) is 0 Å². The van der Waals surface area contributed by atoms with Crippen LogP contribution in [0.5, 0.6) is 0 Å². The fourth-order valence-electron chi connectivity index (χ4n) is 2.41. The number of nitrogens with one attached hydrogen (secondary N) is 1. The number of ether oxygens (including phenoxy) is 1. The number of nitrogens with zero attached hydrogens (tertiary/aromatic N) is 1. The fourth-order valence-corrected chi connectivity index (χ4v) is 2.41. The summed E-state index contributed by atoms with van der Waals surface area (Å²) in [4.78, 5) is 14.4. The van der Waals surface area contributed by atoms with E-state index in [2.05, 4.69) is 5.32 Å². The molecule has 0 bridgehead atoms. The maximum absolute atomic E-state index is 12.7. The van der Waals surface area contributed by atoms with Crippen LogP contribution in [0.2, 0.25) is 0 Å². The number of aryl methyl sites for hydroxylation is 1. The third-order valence-electron chi connectivity index (χ3n) is 3.47. The van der Waals surface area contributed by atoms with Crippen LogP contribution in [-0.2, 0) is 4.74 Å². The zero-order valence-corrected chi connectivity index (χ0v) is 12.1. The van der Waals surface area contributed by atoms with Gasteiger partial charge in [0.1, 0.15) is 0 Å². The second-order valence-electron chi connectivity index (χ2n) is 4.99. The Kier molecular flexibility index (Phi) is 4.98. The molecule has 0 aliphatic carbocycles. The number of rotatable bonds is 4. The van der Waals surface area contributed by atoms with Gasteiger partial charge in [0.25, 0.3) is 5.91 Å². The van der Waals surface area contributed by atoms with Crippen molar-refractivity contribution in [2.45, 2.75) is 19.9 Å². The predicted octanol–water partition coefficient (Wildman–Crippen LogP) is 1.26. The molecule has 1 amide bonds.